The summed E-state index contributed by atoms with van der Waals surface area (Å²) in [7, 11) is 0. The molecule has 2 rings (SSSR count). The third-order valence-electron chi connectivity index (χ3n) is 2.13. The van der Waals surface area contributed by atoms with Gasteiger partial charge in [0.05, 0.1) is 4.88 Å². The first-order valence-electron chi connectivity index (χ1n) is 5.21. The van der Waals surface area contributed by atoms with Crippen molar-refractivity contribution in [2.45, 2.75) is 6.42 Å². The third kappa shape index (κ3) is 2.92. The van der Waals surface area contributed by atoms with E-state index in [4.69, 9.17) is 9.63 Å². The predicted molar refractivity (Wildman–Crippen MR) is 63.9 cm³/mol. The van der Waals surface area contributed by atoms with Crippen molar-refractivity contribution >= 4 is 17.2 Å². The van der Waals surface area contributed by atoms with Crippen molar-refractivity contribution in [2.75, 3.05) is 13.2 Å². The van der Waals surface area contributed by atoms with Gasteiger partial charge in [0.15, 0.2) is 11.5 Å². The van der Waals surface area contributed by atoms with Gasteiger partial charge in [0.1, 0.15) is 0 Å². The standard InChI is InChI=1S/C11H12N2O3S/c14-5-2-4-12-11(15)8-7-9(16-13-8)10-3-1-6-17-10/h1,3,6-7,14H,2,4-5H2,(H,12,15). The number of nitrogens with one attached hydrogen (secondary N) is 1. The summed E-state index contributed by atoms with van der Waals surface area (Å²) in [6, 6.07) is 5.42. The molecular formula is C11H12N2O3S. The molecular weight excluding hydrogens is 240 g/mol. The molecule has 0 saturated carbocycles. The molecule has 17 heavy (non-hydrogen) atoms. The first-order valence-corrected chi connectivity index (χ1v) is 6.09. The molecule has 0 spiro atoms. The third-order valence-corrected chi connectivity index (χ3v) is 3.01. The van der Waals surface area contributed by atoms with Crippen LogP contribution in [0.15, 0.2) is 28.1 Å². The molecule has 0 radical (unpaired) electrons. The van der Waals surface area contributed by atoms with Crippen LogP contribution in [0, 0.1) is 0 Å². The molecule has 0 unspecified atom stereocenters. The number of amides is 1. The first-order chi connectivity index (χ1) is 8.31. The molecule has 0 aliphatic carbocycles. The lowest BCUT2D eigenvalue weighted by atomic mass is 10.3. The number of aromatic nitrogens is 1. The number of carbonyl (C=O) groups is 1. The molecule has 1 amide bonds. The van der Waals surface area contributed by atoms with Crippen molar-refractivity contribution < 1.29 is 14.4 Å². The van der Waals surface area contributed by atoms with Gasteiger partial charge in [-0.05, 0) is 17.9 Å². The maximum atomic E-state index is 11.6. The zero-order valence-corrected chi connectivity index (χ0v) is 9.87. The van der Waals surface area contributed by atoms with E-state index >= 15 is 0 Å². The second-order valence-electron chi connectivity index (χ2n) is 3.39. The van der Waals surface area contributed by atoms with Crippen LogP contribution in [0.25, 0.3) is 10.6 Å². The summed E-state index contributed by atoms with van der Waals surface area (Å²) in [5.74, 6) is 0.303. The van der Waals surface area contributed by atoms with Crippen LogP contribution < -0.4 is 5.32 Å². The van der Waals surface area contributed by atoms with Crippen molar-refractivity contribution in [2.24, 2.45) is 0 Å². The van der Waals surface area contributed by atoms with Crippen LogP contribution in [-0.2, 0) is 0 Å². The molecule has 0 fully saturated rings. The van der Waals surface area contributed by atoms with Crippen molar-refractivity contribution in [3.05, 3.63) is 29.3 Å². The van der Waals surface area contributed by atoms with E-state index in [1.165, 1.54) is 11.3 Å². The number of hydrogen-bond acceptors (Lipinski definition) is 5. The van der Waals surface area contributed by atoms with Crippen molar-refractivity contribution in [3.8, 4) is 10.6 Å². The molecule has 2 aromatic heterocycles. The average Bonchev–Trinajstić information content (AvgIpc) is 3.00. The van der Waals surface area contributed by atoms with Crippen LogP contribution in [-0.4, -0.2) is 29.3 Å². The number of carbonyl (C=O) groups excluding carboxylic acids is 1. The highest BCUT2D eigenvalue weighted by molar-refractivity contribution is 7.13. The summed E-state index contributed by atoms with van der Waals surface area (Å²) in [5, 5.41) is 16.9. The van der Waals surface area contributed by atoms with Crippen LogP contribution in [0.2, 0.25) is 0 Å². The van der Waals surface area contributed by atoms with Crippen LogP contribution in [0.4, 0.5) is 0 Å². The molecule has 0 aliphatic rings. The van der Waals surface area contributed by atoms with Crippen LogP contribution in [0.3, 0.4) is 0 Å². The van der Waals surface area contributed by atoms with E-state index in [1.54, 1.807) is 6.07 Å². The summed E-state index contributed by atoms with van der Waals surface area (Å²) in [4.78, 5) is 12.5. The lowest BCUT2D eigenvalue weighted by molar-refractivity contribution is 0.0942. The smallest absolute Gasteiger partial charge is 0.273 e. The second kappa shape index (κ2) is 5.60. The van der Waals surface area contributed by atoms with Crippen LogP contribution >= 0.6 is 11.3 Å². The molecule has 2 N–H and O–H groups in total. The fraction of sp³-hybridized carbons (Fsp3) is 0.273. The van der Waals surface area contributed by atoms with E-state index in [1.807, 2.05) is 17.5 Å². The van der Waals surface area contributed by atoms with Gasteiger partial charge in [-0.3, -0.25) is 4.79 Å². The largest absolute Gasteiger partial charge is 0.396 e. The number of hydrogen-bond donors (Lipinski definition) is 2. The van der Waals surface area contributed by atoms with Crippen molar-refractivity contribution in [1.82, 2.24) is 10.5 Å². The van der Waals surface area contributed by atoms with Gasteiger partial charge in [-0.2, -0.15) is 0 Å². The molecule has 0 aliphatic heterocycles. The Morgan fingerprint density at radius 3 is 3.18 bits per heavy atom. The summed E-state index contributed by atoms with van der Waals surface area (Å²) in [6.07, 6.45) is 0.529. The fourth-order valence-corrected chi connectivity index (χ4v) is 1.96. The van der Waals surface area contributed by atoms with Crippen LogP contribution in [0.1, 0.15) is 16.9 Å². The van der Waals surface area contributed by atoms with Crippen molar-refractivity contribution in [3.63, 3.8) is 0 Å². The second-order valence-corrected chi connectivity index (χ2v) is 4.33. The number of thiophene rings is 1. The molecule has 0 atom stereocenters. The Labute approximate surface area is 102 Å². The molecule has 2 aromatic rings. The fourth-order valence-electron chi connectivity index (χ4n) is 1.29. The zero-order valence-electron chi connectivity index (χ0n) is 9.05. The lowest BCUT2D eigenvalue weighted by Crippen LogP contribution is -2.25. The van der Waals surface area contributed by atoms with Crippen LogP contribution in [0.5, 0.6) is 0 Å². The molecule has 5 nitrogen and oxygen atoms in total. The Bertz CT molecular complexity index is 479. The number of aliphatic hydroxyl groups excluding tert-OH is 1. The maximum absolute atomic E-state index is 11.6. The Morgan fingerprint density at radius 2 is 2.47 bits per heavy atom. The lowest BCUT2D eigenvalue weighted by Gasteiger charge is -1.99. The van der Waals surface area contributed by atoms with Gasteiger partial charge in [-0.1, -0.05) is 11.2 Å². The van der Waals surface area contributed by atoms with Gasteiger partial charge in [-0.25, -0.2) is 0 Å². The van der Waals surface area contributed by atoms with Gasteiger partial charge in [0.2, 0.25) is 0 Å². The molecule has 90 valence electrons. The predicted octanol–water partition coefficient (Wildman–Crippen LogP) is 1.52. The van der Waals surface area contributed by atoms with Gasteiger partial charge in [0.25, 0.3) is 5.91 Å². The summed E-state index contributed by atoms with van der Waals surface area (Å²) in [5.41, 5.74) is 0.256. The Kier molecular flexibility index (Phi) is 3.89. The zero-order chi connectivity index (χ0) is 12.1. The Morgan fingerprint density at radius 1 is 1.59 bits per heavy atom. The summed E-state index contributed by atoms with van der Waals surface area (Å²) >= 11 is 1.52. The highest BCUT2D eigenvalue weighted by Crippen LogP contribution is 2.24. The topological polar surface area (TPSA) is 75.4 Å². The van der Waals surface area contributed by atoms with Gasteiger partial charge < -0.3 is 14.9 Å². The number of rotatable bonds is 5. The van der Waals surface area contributed by atoms with E-state index in [2.05, 4.69) is 10.5 Å². The average molecular weight is 252 g/mol. The minimum atomic E-state index is -0.287. The van der Waals surface area contributed by atoms with Gasteiger partial charge in [0, 0.05) is 19.2 Å². The van der Waals surface area contributed by atoms with E-state index in [9.17, 15) is 4.79 Å². The summed E-state index contributed by atoms with van der Waals surface area (Å²) < 4.78 is 5.09. The van der Waals surface area contributed by atoms with Gasteiger partial charge >= 0.3 is 0 Å². The molecule has 0 aromatic carbocycles. The summed E-state index contributed by atoms with van der Waals surface area (Å²) in [6.45, 7) is 0.482. The Balaban J connectivity index is 2.01. The Hall–Kier alpha value is -1.66. The van der Waals surface area contributed by atoms with Gasteiger partial charge in [-0.15, -0.1) is 11.3 Å². The van der Waals surface area contributed by atoms with E-state index in [0.29, 0.717) is 18.7 Å². The van der Waals surface area contributed by atoms with E-state index in [0.717, 1.165) is 4.88 Å². The first kappa shape index (κ1) is 11.8. The molecule has 2 heterocycles. The molecule has 0 bridgehead atoms. The minimum Gasteiger partial charge on any atom is -0.396 e. The monoisotopic (exact) mass is 252 g/mol. The number of nitrogens with zero attached hydrogens (tertiary/aromatic N) is 1. The van der Waals surface area contributed by atoms with Crippen molar-refractivity contribution in [1.29, 1.82) is 0 Å². The quantitative estimate of drug-likeness (QED) is 0.791. The minimum absolute atomic E-state index is 0.0551. The van der Waals surface area contributed by atoms with E-state index in [-0.39, 0.29) is 18.2 Å². The number of aliphatic hydroxyl groups is 1. The highest BCUT2D eigenvalue weighted by atomic mass is 32.1. The SMILES string of the molecule is O=C(NCCCO)c1cc(-c2cccs2)on1. The normalized spacial score (nSPS) is 10.4. The van der Waals surface area contributed by atoms with E-state index < -0.39 is 0 Å². The molecule has 6 heteroatoms. The molecule has 0 saturated heterocycles. The maximum Gasteiger partial charge on any atom is 0.273 e. The highest BCUT2D eigenvalue weighted by Gasteiger charge is 2.13.